The number of benzene rings is 2. The summed E-state index contributed by atoms with van der Waals surface area (Å²) < 4.78 is 11.1. The van der Waals surface area contributed by atoms with Crippen LogP contribution in [0.15, 0.2) is 48.5 Å². The third kappa shape index (κ3) is 5.57. The fourth-order valence-electron chi connectivity index (χ4n) is 3.45. The summed E-state index contributed by atoms with van der Waals surface area (Å²) in [4.78, 5) is 26.9. The van der Waals surface area contributed by atoms with Crippen molar-refractivity contribution in [1.29, 1.82) is 0 Å². The maximum atomic E-state index is 12.7. The molecule has 29 heavy (non-hydrogen) atoms. The number of amides is 2. The topological polar surface area (TPSA) is 67.9 Å². The number of carbonyl (C=O) groups is 2. The number of hydrogen-bond donors (Lipinski definition) is 1. The Balaban J connectivity index is 1.55. The van der Waals surface area contributed by atoms with E-state index in [1.807, 2.05) is 49.9 Å². The number of hydrogen-bond acceptors (Lipinski definition) is 4. The average Bonchev–Trinajstić information content (AvgIpc) is 2.72. The van der Waals surface area contributed by atoms with Crippen LogP contribution >= 0.6 is 0 Å². The van der Waals surface area contributed by atoms with Crippen molar-refractivity contribution in [1.82, 2.24) is 10.2 Å². The van der Waals surface area contributed by atoms with Gasteiger partial charge >= 0.3 is 0 Å². The van der Waals surface area contributed by atoms with Crippen LogP contribution in [0.2, 0.25) is 0 Å². The Hall–Kier alpha value is -2.86. The van der Waals surface area contributed by atoms with Crippen molar-refractivity contribution >= 4 is 11.8 Å². The summed E-state index contributed by atoms with van der Waals surface area (Å²) in [7, 11) is 0. The first-order valence-electron chi connectivity index (χ1n) is 10.0. The number of carbonyl (C=O) groups excluding carboxylic acids is 2. The van der Waals surface area contributed by atoms with Gasteiger partial charge in [0.15, 0.2) is 0 Å². The van der Waals surface area contributed by atoms with Gasteiger partial charge in [-0.3, -0.25) is 9.59 Å². The molecule has 154 valence electrons. The van der Waals surface area contributed by atoms with Crippen LogP contribution in [-0.4, -0.2) is 48.6 Å². The van der Waals surface area contributed by atoms with Crippen molar-refractivity contribution in [3.63, 3.8) is 0 Å². The predicted molar refractivity (Wildman–Crippen MR) is 111 cm³/mol. The largest absolute Gasteiger partial charge is 0.494 e. The van der Waals surface area contributed by atoms with Crippen LogP contribution in [0.5, 0.6) is 5.75 Å². The van der Waals surface area contributed by atoms with Crippen molar-refractivity contribution in [2.75, 3.05) is 19.7 Å². The highest BCUT2D eigenvalue weighted by Crippen LogP contribution is 2.15. The second-order valence-corrected chi connectivity index (χ2v) is 7.30. The summed E-state index contributed by atoms with van der Waals surface area (Å²) in [5.41, 5.74) is 2.16. The molecule has 0 saturated carbocycles. The van der Waals surface area contributed by atoms with E-state index < -0.39 is 0 Å². The monoisotopic (exact) mass is 396 g/mol. The van der Waals surface area contributed by atoms with Gasteiger partial charge in [-0.2, -0.15) is 0 Å². The van der Waals surface area contributed by atoms with Crippen LogP contribution in [0, 0.1) is 0 Å². The van der Waals surface area contributed by atoms with Gasteiger partial charge in [0.05, 0.1) is 18.8 Å². The molecule has 2 amide bonds. The lowest BCUT2D eigenvalue weighted by Crippen LogP contribution is -2.48. The molecule has 1 heterocycles. The van der Waals surface area contributed by atoms with Crippen LogP contribution in [0.3, 0.4) is 0 Å². The summed E-state index contributed by atoms with van der Waals surface area (Å²) in [6, 6.07) is 14.4. The molecule has 1 saturated heterocycles. The summed E-state index contributed by atoms with van der Waals surface area (Å²) in [5, 5.41) is 2.90. The zero-order valence-electron chi connectivity index (χ0n) is 17.2. The first-order valence-corrected chi connectivity index (χ1v) is 10.0. The molecule has 0 aliphatic carbocycles. The molecule has 1 aliphatic heterocycles. The first-order chi connectivity index (χ1) is 14.0. The highest BCUT2D eigenvalue weighted by molar-refractivity contribution is 5.95. The molecule has 1 fully saturated rings. The summed E-state index contributed by atoms with van der Waals surface area (Å²) in [6.07, 6.45) is 0.0829. The number of ether oxygens (including phenoxy) is 2. The zero-order valence-corrected chi connectivity index (χ0v) is 17.2. The number of rotatable bonds is 6. The molecule has 2 aromatic rings. The molecule has 2 aromatic carbocycles. The number of nitrogens with zero attached hydrogens (tertiary/aromatic N) is 1. The van der Waals surface area contributed by atoms with Crippen molar-refractivity contribution in [3.05, 3.63) is 65.2 Å². The lowest BCUT2D eigenvalue weighted by molar-refractivity contribution is -0.0586. The van der Waals surface area contributed by atoms with Gasteiger partial charge in [0.2, 0.25) is 0 Å². The van der Waals surface area contributed by atoms with E-state index in [4.69, 9.17) is 9.47 Å². The van der Waals surface area contributed by atoms with Gasteiger partial charge in [0.1, 0.15) is 5.75 Å². The van der Waals surface area contributed by atoms with Gasteiger partial charge in [0, 0.05) is 30.8 Å². The van der Waals surface area contributed by atoms with E-state index >= 15 is 0 Å². The number of nitrogens with one attached hydrogen (secondary N) is 1. The normalized spacial score (nSPS) is 18.9. The minimum absolute atomic E-state index is 0.0111. The van der Waals surface area contributed by atoms with Crippen LogP contribution in [0.25, 0.3) is 0 Å². The molecule has 2 atom stereocenters. The van der Waals surface area contributed by atoms with Gasteiger partial charge in [-0.1, -0.05) is 12.1 Å². The summed E-state index contributed by atoms with van der Waals surface area (Å²) in [5.74, 6) is 0.606. The van der Waals surface area contributed by atoms with Crippen LogP contribution in [-0.2, 0) is 11.3 Å². The second kappa shape index (κ2) is 9.56. The molecule has 3 rings (SSSR count). The Morgan fingerprint density at radius 1 is 1.00 bits per heavy atom. The van der Waals surface area contributed by atoms with Gasteiger partial charge in [-0.05, 0) is 62.7 Å². The Kier molecular flexibility index (Phi) is 6.88. The molecule has 6 nitrogen and oxygen atoms in total. The van der Waals surface area contributed by atoms with E-state index in [0.29, 0.717) is 37.4 Å². The molecule has 0 bridgehead atoms. The Bertz CT molecular complexity index is 823. The average molecular weight is 396 g/mol. The highest BCUT2D eigenvalue weighted by atomic mass is 16.5. The standard InChI is InChI=1S/C23H28N2O4/c1-4-28-21-11-9-19(10-12-21)22(26)24-13-18-5-7-20(8-6-18)23(27)25-14-16(2)29-17(3)15-25/h5-12,16-17H,4,13-15H2,1-3H3,(H,24,26). The summed E-state index contributed by atoms with van der Waals surface area (Å²) >= 11 is 0. The quantitative estimate of drug-likeness (QED) is 0.814. The van der Waals surface area contributed by atoms with E-state index in [1.54, 1.807) is 24.3 Å². The fraction of sp³-hybridized carbons (Fsp3) is 0.391. The van der Waals surface area contributed by atoms with E-state index in [-0.39, 0.29) is 24.0 Å². The minimum atomic E-state index is -0.149. The maximum absolute atomic E-state index is 12.7. The Morgan fingerprint density at radius 2 is 1.59 bits per heavy atom. The lowest BCUT2D eigenvalue weighted by atomic mass is 10.1. The second-order valence-electron chi connectivity index (χ2n) is 7.30. The van der Waals surface area contributed by atoms with Crippen molar-refractivity contribution in [2.24, 2.45) is 0 Å². The molecular weight excluding hydrogens is 368 g/mol. The SMILES string of the molecule is CCOc1ccc(C(=O)NCc2ccc(C(=O)N3CC(C)OC(C)C3)cc2)cc1. The van der Waals surface area contributed by atoms with Gasteiger partial charge in [-0.25, -0.2) is 0 Å². The van der Waals surface area contributed by atoms with Crippen LogP contribution in [0.4, 0.5) is 0 Å². The molecule has 0 radical (unpaired) electrons. The molecule has 1 N–H and O–H groups in total. The molecular formula is C23H28N2O4. The molecule has 1 aliphatic rings. The van der Waals surface area contributed by atoms with Gasteiger partial charge in [0.25, 0.3) is 11.8 Å². The Labute approximate surface area is 171 Å². The van der Waals surface area contributed by atoms with Crippen LogP contribution < -0.4 is 10.1 Å². The Morgan fingerprint density at radius 3 is 2.17 bits per heavy atom. The fourth-order valence-corrected chi connectivity index (χ4v) is 3.45. The number of morpholine rings is 1. The minimum Gasteiger partial charge on any atom is -0.494 e. The van der Waals surface area contributed by atoms with Crippen molar-refractivity contribution < 1.29 is 19.1 Å². The molecule has 0 spiro atoms. The molecule has 0 aromatic heterocycles. The van der Waals surface area contributed by atoms with Crippen molar-refractivity contribution in [2.45, 2.75) is 39.5 Å². The lowest BCUT2D eigenvalue weighted by Gasteiger charge is -2.35. The van der Waals surface area contributed by atoms with E-state index in [2.05, 4.69) is 5.32 Å². The van der Waals surface area contributed by atoms with E-state index in [1.165, 1.54) is 0 Å². The summed E-state index contributed by atoms with van der Waals surface area (Å²) in [6.45, 7) is 8.06. The third-order valence-corrected chi connectivity index (χ3v) is 4.79. The third-order valence-electron chi connectivity index (χ3n) is 4.79. The van der Waals surface area contributed by atoms with Crippen LogP contribution in [0.1, 0.15) is 47.1 Å². The molecule has 6 heteroatoms. The van der Waals surface area contributed by atoms with Crippen molar-refractivity contribution in [3.8, 4) is 5.75 Å². The first kappa shape index (κ1) is 20.9. The van der Waals surface area contributed by atoms with E-state index in [0.717, 1.165) is 11.3 Å². The smallest absolute Gasteiger partial charge is 0.254 e. The maximum Gasteiger partial charge on any atom is 0.254 e. The van der Waals surface area contributed by atoms with Gasteiger partial charge < -0.3 is 19.7 Å². The van der Waals surface area contributed by atoms with E-state index in [9.17, 15) is 9.59 Å². The molecule has 2 unspecified atom stereocenters. The predicted octanol–water partition coefficient (Wildman–Crippen LogP) is 3.26. The highest BCUT2D eigenvalue weighted by Gasteiger charge is 2.26. The van der Waals surface area contributed by atoms with Gasteiger partial charge in [-0.15, -0.1) is 0 Å². The zero-order chi connectivity index (χ0) is 20.8.